The lowest BCUT2D eigenvalue weighted by Crippen LogP contribution is -2.22. The maximum Gasteiger partial charge on any atom is 0.261 e. The number of rotatable bonds is 7. The van der Waals surface area contributed by atoms with Crippen LogP contribution in [0.15, 0.2) is 77.7 Å². The van der Waals surface area contributed by atoms with Gasteiger partial charge in [-0.1, -0.05) is 31.4 Å². The van der Waals surface area contributed by atoms with Crippen molar-refractivity contribution in [2.45, 2.75) is 43.0 Å². The first kappa shape index (κ1) is 22.8. The molecule has 1 aliphatic rings. The maximum absolute atomic E-state index is 13.8. The Morgan fingerprint density at radius 1 is 0.818 bits per heavy atom. The van der Waals surface area contributed by atoms with Crippen molar-refractivity contribution in [2.75, 3.05) is 15.4 Å². The predicted octanol–water partition coefficient (Wildman–Crippen LogP) is 5.62. The van der Waals surface area contributed by atoms with Crippen molar-refractivity contribution in [3.05, 3.63) is 84.2 Å². The third-order valence-electron chi connectivity index (χ3n) is 5.66. The lowest BCUT2D eigenvalue weighted by molar-refractivity contribution is 0.102. The largest absolute Gasteiger partial charge is 0.382 e. The minimum absolute atomic E-state index is 0.0690. The van der Waals surface area contributed by atoms with Crippen LogP contribution in [0.3, 0.4) is 0 Å². The SMILES string of the molecule is O=C(Nc1ccc(NC2CCCCC2)cc1)c1ccc(S(=O)(=O)Nc2ccccc2F)cc1. The molecule has 1 amide bonds. The number of amides is 1. The molecule has 8 heteroatoms. The minimum atomic E-state index is -3.98. The third-order valence-corrected chi connectivity index (χ3v) is 7.05. The fourth-order valence-electron chi connectivity index (χ4n) is 3.87. The number of anilines is 3. The monoisotopic (exact) mass is 467 g/mol. The number of benzene rings is 3. The molecular formula is C25H26FN3O3S. The van der Waals surface area contributed by atoms with Gasteiger partial charge in [0, 0.05) is 23.0 Å². The highest BCUT2D eigenvalue weighted by atomic mass is 32.2. The second kappa shape index (κ2) is 10.0. The lowest BCUT2D eigenvalue weighted by atomic mass is 9.95. The number of carbonyl (C=O) groups excluding carboxylic acids is 1. The fourth-order valence-corrected chi connectivity index (χ4v) is 4.94. The molecule has 1 saturated carbocycles. The van der Waals surface area contributed by atoms with Crippen molar-refractivity contribution in [3.63, 3.8) is 0 Å². The summed E-state index contributed by atoms with van der Waals surface area (Å²) in [6.45, 7) is 0. The van der Waals surface area contributed by atoms with Crippen molar-refractivity contribution < 1.29 is 17.6 Å². The highest BCUT2D eigenvalue weighted by Crippen LogP contribution is 2.23. The van der Waals surface area contributed by atoms with E-state index in [4.69, 9.17) is 0 Å². The van der Waals surface area contributed by atoms with Crippen LogP contribution in [0.1, 0.15) is 42.5 Å². The Bertz CT molecular complexity index is 1210. The Balaban J connectivity index is 1.37. The molecule has 3 aromatic carbocycles. The Morgan fingerprint density at radius 3 is 2.12 bits per heavy atom. The van der Waals surface area contributed by atoms with E-state index < -0.39 is 15.8 Å². The molecule has 0 bridgehead atoms. The molecule has 0 unspecified atom stereocenters. The van der Waals surface area contributed by atoms with Gasteiger partial charge in [-0.05, 0) is 73.5 Å². The van der Waals surface area contributed by atoms with Gasteiger partial charge >= 0.3 is 0 Å². The summed E-state index contributed by atoms with van der Waals surface area (Å²) in [5, 5.41) is 6.35. The van der Waals surface area contributed by atoms with Gasteiger partial charge in [0.1, 0.15) is 5.82 Å². The summed E-state index contributed by atoms with van der Waals surface area (Å²) >= 11 is 0. The summed E-state index contributed by atoms with van der Waals surface area (Å²) in [5.41, 5.74) is 1.84. The molecule has 0 heterocycles. The van der Waals surface area contributed by atoms with Crippen LogP contribution < -0.4 is 15.4 Å². The van der Waals surface area contributed by atoms with Gasteiger partial charge in [-0.25, -0.2) is 12.8 Å². The quantitative estimate of drug-likeness (QED) is 0.421. The van der Waals surface area contributed by atoms with Gasteiger partial charge in [-0.15, -0.1) is 0 Å². The van der Waals surface area contributed by atoms with Crippen molar-refractivity contribution in [1.82, 2.24) is 0 Å². The van der Waals surface area contributed by atoms with E-state index in [9.17, 15) is 17.6 Å². The molecule has 0 spiro atoms. The fraction of sp³-hybridized carbons (Fsp3) is 0.240. The molecule has 6 nitrogen and oxygen atoms in total. The van der Waals surface area contributed by atoms with Gasteiger partial charge in [0.05, 0.1) is 10.6 Å². The van der Waals surface area contributed by atoms with E-state index in [1.54, 1.807) is 0 Å². The first-order valence-corrected chi connectivity index (χ1v) is 12.4. The average molecular weight is 468 g/mol. The summed E-state index contributed by atoms with van der Waals surface area (Å²) in [4.78, 5) is 12.5. The van der Waals surface area contributed by atoms with Crippen LogP contribution in [-0.4, -0.2) is 20.4 Å². The molecule has 3 aromatic rings. The third kappa shape index (κ3) is 5.90. The summed E-state index contributed by atoms with van der Waals surface area (Å²) in [7, 11) is -3.98. The standard InChI is InChI=1S/C25H26FN3O3S/c26-23-8-4-5-9-24(23)29-33(31,32)22-16-10-18(11-17-22)25(30)28-21-14-12-20(13-15-21)27-19-6-2-1-3-7-19/h4-5,8-17,19,27,29H,1-3,6-7H2,(H,28,30). The number of hydrogen-bond acceptors (Lipinski definition) is 4. The van der Waals surface area contributed by atoms with Gasteiger partial charge in [-0.2, -0.15) is 0 Å². The van der Waals surface area contributed by atoms with Crippen LogP contribution in [0.4, 0.5) is 21.5 Å². The predicted molar refractivity (Wildman–Crippen MR) is 129 cm³/mol. The first-order valence-electron chi connectivity index (χ1n) is 11.0. The topological polar surface area (TPSA) is 87.3 Å². The second-order valence-corrected chi connectivity index (χ2v) is 9.80. The van der Waals surface area contributed by atoms with E-state index in [-0.39, 0.29) is 16.5 Å². The maximum atomic E-state index is 13.8. The summed E-state index contributed by atoms with van der Waals surface area (Å²) in [6.07, 6.45) is 6.17. The van der Waals surface area contributed by atoms with E-state index >= 15 is 0 Å². The minimum Gasteiger partial charge on any atom is -0.382 e. The van der Waals surface area contributed by atoms with Gasteiger partial charge < -0.3 is 10.6 Å². The summed E-state index contributed by atoms with van der Waals surface area (Å²) in [6, 6.07) is 19.0. The second-order valence-electron chi connectivity index (χ2n) is 8.12. The molecule has 172 valence electrons. The highest BCUT2D eigenvalue weighted by molar-refractivity contribution is 7.92. The zero-order valence-corrected chi connectivity index (χ0v) is 18.9. The van der Waals surface area contributed by atoms with E-state index in [0.29, 0.717) is 17.3 Å². The van der Waals surface area contributed by atoms with Crippen LogP contribution in [0, 0.1) is 5.82 Å². The van der Waals surface area contributed by atoms with Gasteiger partial charge in [0.25, 0.3) is 15.9 Å². The Kier molecular flexibility index (Phi) is 6.93. The van der Waals surface area contributed by atoms with Crippen LogP contribution in [0.25, 0.3) is 0 Å². The number of hydrogen-bond donors (Lipinski definition) is 3. The lowest BCUT2D eigenvalue weighted by Gasteiger charge is -2.23. The van der Waals surface area contributed by atoms with E-state index in [1.807, 2.05) is 24.3 Å². The zero-order chi connectivity index (χ0) is 23.3. The number of nitrogens with one attached hydrogen (secondary N) is 3. The van der Waals surface area contributed by atoms with E-state index in [0.717, 1.165) is 5.69 Å². The molecule has 0 saturated heterocycles. The van der Waals surface area contributed by atoms with Crippen LogP contribution in [0.2, 0.25) is 0 Å². The van der Waals surface area contributed by atoms with Crippen molar-refractivity contribution in [2.24, 2.45) is 0 Å². The van der Waals surface area contributed by atoms with E-state index in [2.05, 4.69) is 15.4 Å². The average Bonchev–Trinajstić information content (AvgIpc) is 2.82. The molecule has 4 rings (SSSR count). The number of sulfonamides is 1. The van der Waals surface area contributed by atoms with Crippen molar-refractivity contribution in [1.29, 1.82) is 0 Å². The smallest absolute Gasteiger partial charge is 0.261 e. The van der Waals surface area contributed by atoms with Crippen LogP contribution in [0.5, 0.6) is 0 Å². The molecule has 0 aliphatic heterocycles. The Hall–Kier alpha value is -3.39. The summed E-state index contributed by atoms with van der Waals surface area (Å²) < 4.78 is 41.0. The first-order chi connectivity index (χ1) is 15.9. The van der Waals surface area contributed by atoms with Crippen molar-refractivity contribution in [3.8, 4) is 0 Å². The molecule has 33 heavy (non-hydrogen) atoms. The van der Waals surface area contributed by atoms with Gasteiger partial charge in [0.2, 0.25) is 0 Å². The van der Waals surface area contributed by atoms with Gasteiger partial charge in [-0.3, -0.25) is 9.52 Å². The molecule has 1 fully saturated rings. The molecule has 0 radical (unpaired) electrons. The molecule has 0 aromatic heterocycles. The Labute approximate surface area is 193 Å². The molecule has 1 aliphatic carbocycles. The normalized spacial score (nSPS) is 14.5. The molecule has 0 atom stereocenters. The number of halogens is 1. The van der Waals surface area contributed by atoms with Gasteiger partial charge in [0.15, 0.2) is 0 Å². The van der Waals surface area contributed by atoms with Crippen molar-refractivity contribution >= 4 is 33.0 Å². The molecule has 3 N–H and O–H groups in total. The zero-order valence-electron chi connectivity index (χ0n) is 18.1. The van der Waals surface area contributed by atoms with Crippen LogP contribution in [-0.2, 0) is 10.0 Å². The number of para-hydroxylation sites is 1. The van der Waals surface area contributed by atoms with E-state index in [1.165, 1.54) is 80.6 Å². The highest BCUT2D eigenvalue weighted by Gasteiger charge is 2.17. The Morgan fingerprint density at radius 2 is 1.45 bits per heavy atom. The number of carbonyl (C=O) groups is 1. The van der Waals surface area contributed by atoms with Crippen LogP contribution >= 0.6 is 0 Å². The molecular weight excluding hydrogens is 441 g/mol. The summed E-state index contributed by atoms with van der Waals surface area (Å²) in [5.74, 6) is -1.02.